The van der Waals surface area contributed by atoms with E-state index in [1.165, 1.54) is 13.0 Å². The van der Waals surface area contributed by atoms with Crippen LogP contribution in [0.25, 0.3) is 0 Å². The predicted octanol–water partition coefficient (Wildman–Crippen LogP) is 0.248. The van der Waals surface area contributed by atoms with E-state index >= 15 is 0 Å². The second-order valence-corrected chi connectivity index (χ2v) is 17.0. The molecular weight excluding hydrogens is 919 g/mol. The number of likely N-dealkylation sites (N-methyl/N-ethyl adjacent to an activating group) is 1. The third-order valence-corrected chi connectivity index (χ3v) is 11.6. The summed E-state index contributed by atoms with van der Waals surface area (Å²) in [7, 11) is 2.71. The van der Waals surface area contributed by atoms with Crippen molar-refractivity contribution in [1.82, 2.24) is 36.8 Å². The molecule has 10 N–H and O–H groups in total. The molecule has 1 aliphatic heterocycles. The molecule has 23 heteroatoms. The van der Waals surface area contributed by atoms with Gasteiger partial charge in [-0.15, -0.1) is 0 Å². The molecule has 1 fully saturated rings. The Morgan fingerprint density at radius 3 is 1.83 bits per heavy atom. The second kappa shape index (κ2) is 28.2. The fourth-order valence-corrected chi connectivity index (χ4v) is 7.05. The summed E-state index contributed by atoms with van der Waals surface area (Å²) in [6.45, 7) is 10.8. The topological polar surface area (TPSA) is 353 Å². The van der Waals surface area contributed by atoms with E-state index in [1.54, 1.807) is 20.1 Å². The number of nitrogens with zero attached hydrogens (tertiary/aromatic N) is 1. The molecule has 0 aromatic heterocycles. The SMILES string of the molecule is C=C1C(=O)N[C@H](C)C(=O)N[C@@H](CCC(=O)O)C(=O)N[C@@H](C(=O)O)[C@H](C)C(=O)N[C@@H](CCC(=O)O)C(=O)N[C@@H](/C=C/C(C)=C/[C@H](C)[C@H](Cc2ccccc2)OC)[C@H](C)C(=O)N[C@@H](C(=O)O)CCC(=O)N1C. The standard InChI is InChI=1S/C47H65N7O16/c1-24(22-25(2)35(70-8)23-30-12-10-9-11-13-30)14-15-31-26(3)40(60)52-34(46(66)67)16-19-36(55)54(7)29(6)43(63)48-28(5)42(62)51-33(18-21-38(58)59)45(65)53-39(47(68)69)27(4)41(61)50-32(44(64)49-31)17-20-37(56)57/h9-15,22,25-28,31-35,39H,6,16-21,23H2,1-5,7-8H3,(H,48,63)(H,49,64)(H,50,61)(H,51,62)(H,52,60)(H,53,65)(H,56,57)(H,58,59)(H,66,67)(H,68,69)/b15-14+,24-22+/t25-,26-,27-,28+,31-,32-,33-,34+,35-,39+/m0/s1. The van der Waals surface area contributed by atoms with Crippen LogP contribution in [0.4, 0.5) is 0 Å². The number of rotatable bonds is 15. The molecule has 0 saturated carbocycles. The number of nitrogens with one attached hydrogen (secondary N) is 6. The number of carbonyl (C=O) groups excluding carboxylic acids is 7. The van der Waals surface area contributed by atoms with E-state index in [0.717, 1.165) is 31.4 Å². The molecule has 1 aromatic carbocycles. The minimum absolute atomic E-state index is 0.171. The van der Waals surface area contributed by atoms with Gasteiger partial charge in [-0.25, -0.2) is 9.59 Å². The van der Waals surface area contributed by atoms with Gasteiger partial charge in [-0.1, -0.05) is 81.5 Å². The lowest BCUT2D eigenvalue weighted by Gasteiger charge is -2.28. The van der Waals surface area contributed by atoms with E-state index in [9.17, 15) is 73.2 Å². The number of carboxylic acid groups (broad SMARTS) is 4. The lowest BCUT2D eigenvalue weighted by molar-refractivity contribution is -0.147. The van der Waals surface area contributed by atoms with Gasteiger partial charge in [-0.3, -0.25) is 43.2 Å². The summed E-state index contributed by atoms with van der Waals surface area (Å²) >= 11 is 0. The van der Waals surface area contributed by atoms with Crippen molar-refractivity contribution in [2.24, 2.45) is 17.8 Å². The minimum Gasteiger partial charge on any atom is -0.481 e. The molecule has 1 aliphatic rings. The zero-order valence-electron chi connectivity index (χ0n) is 40.2. The van der Waals surface area contributed by atoms with Gasteiger partial charge in [0.1, 0.15) is 35.9 Å². The average Bonchev–Trinajstić information content (AvgIpc) is 3.30. The second-order valence-electron chi connectivity index (χ2n) is 17.0. The van der Waals surface area contributed by atoms with Crippen molar-refractivity contribution < 1.29 is 77.9 Å². The number of benzene rings is 1. The molecule has 1 saturated heterocycles. The summed E-state index contributed by atoms with van der Waals surface area (Å²) in [5.74, 6) is -16.7. The molecule has 10 atom stereocenters. The molecule has 7 amide bonds. The van der Waals surface area contributed by atoms with Crippen molar-refractivity contribution in [3.8, 4) is 0 Å². The zero-order chi connectivity index (χ0) is 53.0. The zero-order valence-corrected chi connectivity index (χ0v) is 40.2. The number of carboxylic acids is 4. The Kier molecular flexibility index (Phi) is 23.6. The lowest BCUT2D eigenvalue weighted by atomic mass is 9.94. The average molecular weight is 984 g/mol. The van der Waals surface area contributed by atoms with Crippen molar-refractivity contribution in [2.75, 3.05) is 14.2 Å². The summed E-state index contributed by atoms with van der Waals surface area (Å²) in [4.78, 5) is 144. The van der Waals surface area contributed by atoms with E-state index in [2.05, 4.69) is 38.5 Å². The molecule has 2 rings (SSSR count). The van der Waals surface area contributed by atoms with Crippen LogP contribution >= 0.6 is 0 Å². The number of allylic oxidation sites excluding steroid dienone is 2. The number of amides is 7. The highest BCUT2D eigenvalue weighted by Gasteiger charge is 2.37. The third-order valence-electron chi connectivity index (χ3n) is 11.6. The van der Waals surface area contributed by atoms with Crippen LogP contribution in [0.15, 0.2) is 66.4 Å². The number of methoxy groups -OCH3 is 1. The predicted molar refractivity (Wildman–Crippen MR) is 249 cm³/mol. The molecule has 1 aromatic rings. The number of carbonyl (C=O) groups is 11. The van der Waals surface area contributed by atoms with E-state index in [-0.39, 0.29) is 12.0 Å². The van der Waals surface area contributed by atoms with Crippen molar-refractivity contribution >= 4 is 65.2 Å². The first-order valence-electron chi connectivity index (χ1n) is 22.4. The Hall–Kier alpha value is -7.43. The summed E-state index contributed by atoms with van der Waals surface area (Å²) in [6.07, 6.45) is 1.56. The van der Waals surface area contributed by atoms with E-state index in [4.69, 9.17) is 4.74 Å². The largest absolute Gasteiger partial charge is 0.481 e. The molecule has 23 nitrogen and oxygen atoms in total. The highest BCUT2D eigenvalue weighted by atomic mass is 16.5. The van der Waals surface area contributed by atoms with Crippen molar-refractivity contribution in [3.63, 3.8) is 0 Å². The maximum absolute atomic E-state index is 14.1. The van der Waals surface area contributed by atoms with Gasteiger partial charge in [-0.05, 0) is 45.1 Å². The molecule has 0 aliphatic carbocycles. The smallest absolute Gasteiger partial charge is 0.327 e. The fraction of sp³-hybridized carbons (Fsp3) is 0.511. The van der Waals surface area contributed by atoms with Crippen LogP contribution in [-0.2, 0) is 63.9 Å². The van der Waals surface area contributed by atoms with Crippen LogP contribution in [-0.4, -0.2) is 147 Å². The van der Waals surface area contributed by atoms with Gasteiger partial charge in [0.15, 0.2) is 0 Å². The molecule has 0 bridgehead atoms. The van der Waals surface area contributed by atoms with E-state index < -0.39 is 158 Å². The number of ether oxygens (including phenoxy) is 1. The molecular formula is C47H65N7O16. The summed E-state index contributed by atoms with van der Waals surface area (Å²) < 4.78 is 5.76. The quantitative estimate of drug-likeness (QED) is 0.0832. The Balaban J connectivity index is 2.71. The molecule has 0 spiro atoms. The first-order valence-corrected chi connectivity index (χ1v) is 22.4. The van der Waals surface area contributed by atoms with Gasteiger partial charge in [0.05, 0.1) is 24.0 Å². The van der Waals surface area contributed by atoms with Gasteiger partial charge in [0.2, 0.25) is 35.4 Å². The van der Waals surface area contributed by atoms with Gasteiger partial charge < -0.3 is 62.0 Å². The number of aliphatic carboxylic acids is 4. The Morgan fingerprint density at radius 2 is 1.30 bits per heavy atom. The third kappa shape index (κ3) is 18.9. The van der Waals surface area contributed by atoms with Gasteiger partial charge in [0.25, 0.3) is 5.91 Å². The molecule has 0 radical (unpaired) electrons. The minimum atomic E-state index is -2.09. The summed E-state index contributed by atoms with van der Waals surface area (Å²) in [6, 6.07) is -0.429. The Labute approximate surface area is 404 Å². The Bertz CT molecular complexity index is 2180. The van der Waals surface area contributed by atoms with Crippen LogP contribution < -0.4 is 31.9 Å². The number of hydrogen-bond acceptors (Lipinski definition) is 12. The molecule has 384 valence electrons. The Morgan fingerprint density at radius 1 is 0.757 bits per heavy atom. The van der Waals surface area contributed by atoms with Crippen LogP contribution in [0.2, 0.25) is 0 Å². The first-order chi connectivity index (χ1) is 32.8. The molecule has 70 heavy (non-hydrogen) atoms. The highest BCUT2D eigenvalue weighted by Crippen LogP contribution is 2.19. The van der Waals surface area contributed by atoms with Gasteiger partial charge in [-0.2, -0.15) is 0 Å². The van der Waals surface area contributed by atoms with Crippen LogP contribution in [0.5, 0.6) is 0 Å². The normalized spacial score (nSPS) is 25.4. The molecule has 1 heterocycles. The number of hydrogen-bond donors (Lipinski definition) is 10. The highest BCUT2D eigenvalue weighted by molar-refractivity contribution is 6.00. The van der Waals surface area contributed by atoms with Gasteiger partial charge >= 0.3 is 23.9 Å². The first kappa shape index (κ1) is 58.7. The monoisotopic (exact) mass is 983 g/mol. The van der Waals surface area contributed by atoms with E-state index in [1.807, 2.05) is 43.3 Å². The van der Waals surface area contributed by atoms with Crippen LogP contribution in [0.1, 0.15) is 78.7 Å². The van der Waals surface area contributed by atoms with Crippen molar-refractivity contribution in [1.29, 1.82) is 0 Å². The van der Waals surface area contributed by atoms with Crippen LogP contribution in [0, 0.1) is 17.8 Å². The fourth-order valence-electron chi connectivity index (χ4n) is 7.05. The lowest BCUT2D eigenvalue weighted by Crippen LogP contribution is -2.59. The van der Waals surface area contributed by atoms with Gasteiger partial charge in [0, 0.05) is 39.3 Å². The maximum atomic E-state index is 14.1. The van der Waals surface area contributed by atoms with Crippen molar-refractivity contribution in [3.05, 3.63) is 72.0 Å². The molecule has 0 unspecified atom stereocenters. The van der Waals surface area contributed by atoms with Crippen LogP contribution in [0.3, 0.4) is 0 Å². The maximum Gasteiger partial charge on any atom is 0.327 e. The van der Waals surface area contributed by atoms with E-state index in [0.29, 0.717) is 12.0 Å². The summed E-state index contributed by atoms with van der Waals surface area (Å²) in [5.41, 5.74) is 1.16. The summed E-state index contributed by atoms with van der Waals surface area (Å²) in [5, 5.41) is 53.0. The van der Waals surface area contributed by atoms with Crippen molar-refractivity contribution in [2.45, 2.75) is 122 Å².